The molecule has 0 fully saturated rings. The molecule has 1 N–H and O–H groups in total. The molecule has 2 aromatic rings. The molecule has 2 aromatic carbocycles. The number of aryl methyl sites for hydroxylation is 1. The van der Waals surface area contributed by atoms with E-state index in [4.69, 9.17) is 9.47 Å². The molecule has 0 unspecified atom stereocenters. The first-order valence-corrected chi connectivity index (χ1v) is 8.97. The molecule has 0 spiro atoms. The number of ether oxygens (including phenoxy) is 2. The Bertz CT molecular complexity index is 772. The summed E-state index contributed by atoms with van der Waals surface area (Å²) in [5.74, 6) is 0.587. The van der Waals surface area contributed by atoms with Gasteiger partial charge in [0, 0.05) is 24.5 Å². The maximum atomic E-state index is 12.4. The third-order valence-electron chi connectivity index (χ3n) is 3.84. The minimum Gasteiger partial charge on any atom is -0.449 e. The van der Waals surface area contributed by atoms with E-state index in [0.717, 1.165) is 12.1 Å². The van der Waals surface area contributed by atoms with Crippen molar-refractivity contribution in [3.05, 3.63) is 54.1 Å². The Labute approximate surface area is 160 Å². The van der Waals surface area contributed by atoms with E-state index in [1.807, 2.05) is 38.1 Å². The summed E-state index contributed by atoms with van der Waals surface area (Å²) in [5, 5.41) is 2.62. The molecule has 0 saturated heterocycles. The molecule has 0 heterocycles. The van der Waals surface area contributed by atoms with Crippen molar-refractivity contribution in [2.75, 3.05) is 23.9 Å². The number of anilines is 2. The standard InChI is InChI=1S/C21H26N2O4/c1-5-16-9-11-18(12-10-16)23(4)21(25)27-19-8-6-7-17(13-19)22-20(24)26-14-15(2)3/h6-13,15H,5,14H2,1-4H3,(H,22,24). The fourth-order valence-corrected chi connectivity index (χ4v) is 2.26. The summed E-state index contributed by atoms with van der Waals surface area (Å²) >= 11 is 0. The van der Waals surface area contributed by atoms with Gasteiger partial charge in [0.25, 0.3) is 0 Å². The SMILES string of the molecule is CCc1ccc(N(C)C(=O)Oc2cccc(NC(=O)OCC(C)C)c2)cc1. The average molecular weight is 370 g/mol. The molecule has 6 nitrogen and oxygen atoms in total. The van der Waals surface area contributed by atoms with Gasteiger partial charge in [0.05, 0.1) is 6.61 Å². The number of rotatable bonds is 6. The lowest BCUT2D eigenvalue weighted by atomic mass is 10.1. The largest absolute Gasteiger partial charge is 0.449 e. The third kappa shape index (κ3) is 6.33. The second kappa shape index (κ2) is 9.62. The van der Waals surface area contributed by atoms with Crippen LogP contribution in [0.3, 0.4) is 0 Å². The Morgan fingerprint density at radius 1 is 1.11 bits per heavy atom. The first kappa shape index (κ1) is 20.3. The summed E-state index contributed by atoms with van der Waals surface area (Å²) in [6.07, 6.45) is -0.118. The van der Waals surface area contributed by atoms with Gasteiger partial charge in [-0.05, 0) is 42.2 Å². The zero-order valence-electron chi connectivity index (χ0n) is 16.2. The van der Waals surface area contributed by atoms with Crippen LogP contribution < -0.4 is 15.0 Å². The fraction of sp³-hybridized carbons (Fsp3) is 0.333. The number of hydrogen-bond donors (Lipinski definition) is 1. The van der Waals surface area contributed by atoms with E-state index in [1.165, 1.54) is 10.5 Å². The summed E-state index contributed by atoms with van der Waals surface area (Å²) in [6.45, 7) is 6.33. The van der Waals surface area contributed by atoms with E-state index in [0.29, 0.717) is 18.0 Å². The highest BCUT2D eigenvalue weighted by atomic mass is 16.6. The van der Waals surface area contributed by atoms with Crippen molar-refractivity contribution in [2.45, 2.75) is 27.2 Å². The zero-order valence-corrected chi connectivity index (χ0v) is 16.2. The van der Waals surface area contributed by atoms with E-state index in [-0.39, 0.29) is 5.92 Å². The molecule has 0 aromatic heterocycles. The van der Waals surface area contributed by atoms with Gasteiger partial charge in [-0.1, -0.05) is 39.0 Å². The second-order valence-electron chi connectivity index (χ2n) is 6.59. The molecule has 2 amide bonds. The van der Waals surface area contributed by atoms with Crippen LogP contribution in [0.1, 0.15) is 26.3 Å². The highest BCUT2D eigenvalue weighted by Gasteiger charge is 2.14. The number of carbonyl (C=O) groups excluding carboxylic acids is 2. The first-order valence-electron chi connectivity index (χ1n) is 8.97. The van der Waals surface area contributed by atoms with Crippen molar-refractivity contribution < 1.29 is 19.1 Å². The molecule has 0 saturated carbocycles. The molecular formula is C21H26N2O4. The highest BCUT2D eigenvalue weighted by Crippen LogP contribution is 2.20. The summed E-state index contributed by atoms with van der Waals surface area (Å²) in [6, 6.07) is 14.3. The summed E-state index contributed by atoms with van der Waals surface area (Å²) in [5.41, 5.74) is 2.43. The van der Waals surface area contributed by atoms with Crippen LogP contribution in [0.25, 0.3) is 0 Å². The van der Waals surface area contributed by atoms with Crippen molar-refractivity contribution in [3.63, 3.8) is 0 Å². The van der Waals surface area contributed by atoms with E-state index in [2.05, 4.69) is 12.2 Å². The van der Waals surface area contributed by atoms with Crippen molar-refractivity contribution >= 4 is 23.6 Å². The third-order valence-corrected chi connectivity index (χ3v) is 3.84. The Morgan fingerprint density at radius 2 is 1.81 bits per heavy atom. The van der Waals surface area contributed by atoms with Gasteiger partial charge in [-0.15, -0.1) is 0 Å². The predicted molar refractivity (Wildman–Crippen MR) is 106 cm³/mol. The Balaban J connectivity index is 1.97. The lowest BCUT2D eigenvalue weighted by Crippen LogP contribution is -2.29. The Hall–Kier alpha value is -3.02. The Kier molecular flexibility index (Phi) is 7.23. The molecule has 144 valence electrons. The second-order valence-corrected chi connectivity index (χ2v) is 6.59. The molecule has 0 atom stereocenters. The van der Waals surface area contributed by atoms with Gasteiger partial charge in [0.15, 0.2) is 0 Å². The monoisotopic (exact) mass is 370 g/mol. The van der Waals surface area contributed by atoms with Crippen molar-refractivity contribution in [1.29, 1.82) is 0 Å². The van der Waals surface area contributed by atoms with Crippen LogP contribution in [0, 0.1) is 5.92 Å². The molecule has 0 aliphatic carbocycles. The first-order chi connectivity index (χ1) is 12.9. The number of hydrogen-bond acceptors (Lipinski definition) is 4. The maximum Gasteiger partial charge on any atom is 0.419 e. The number of carbonyl (C=O) groups is 2. The van der Waals surface area contributed by atoms with Crippen molar-refractivity contribution in [1.82, 2.24) is 0 Å². The molecule has 0 bridgehead atoms. The van der Waals surface area contributed by atoms with E-state index >= 15 is 0 Å². The average Bonchev–Trinajstić information content (AvgIpc) is 2.66. The smallest absolute Gasteiger partial charge is 0.419 e. The van der Waals surface area contributed by atoms with Crippen LogP contribution in [0.5, 0.6) is 5.75 Å². The van der Waals surface area contributed by atoms with Gasteiger partial charge in [-0.3, -0.25) is 10.2 Å². The van der Waals surface area contributed by atoms with Gasteiger partial charge in [0.2, 0.25) is 0 Å². The minimum absolute atomic E-state index is 0.255. The van der Waals surface area contributed by atoms with Crippen LogP contribution >= 0.6 is 0 Å². The topological polar surface area (TPSA) is 67.9 Å². The van der Waals surface area contributed by atoms with Gasteiger partial charge < -0.3 is 9.47 Å². The van der Waals surface area contributed by atoms with Gasteiger partial charge in [-0.2, -0.15) is 0 Å². The van der Waals surface area contributed by atoms with Crippen molar-refractivity contribution in [2.24, 2.45) is 5.92 Å². The number of benzene rings is 2. The van der Waals surface area contributed by atoms with Gasteiger partial charge in [0.1, 0.15) is 5.75 Å². The molecule has 2 rings (SSSR count). The van der Waals surface area contributed by atoms with E-state index in [1.54, 1.807) is 31.3 Å². The van der Waals surface area contributed by atoms with Crippen LogP contribution in [0.4, 0.5) is 21.0 Å². The molecule has 27 heavy (non-hydrogen) atoms. The van der Waals surface area contributed by atoms with Crippen molar-refractivity contribution in [3.8, 4) is 5.75 Å². The lowest BCUT2D eigenvalue weighted by molar-refractivity contribution is 0.147. The summed E-state index contributed by atoms with van der Waals surface area (Å²) in [4.78, 5) is 25.5. The van der Waals surface area contributed by atoms with Crippen LogP contribution in [0.15, 0.2) is 48.5 Å². The van der Waals surface area contributed by atoms with Crippen LogP contribution in [-0.2, 0) is 11.2 Å². The highest BCUT2D eigenvalue weighted by molar-refractivity contribution is 5.89. The Morgan fingerprint density at radius 3 is 2.44 bits per heavy atom. The van der Waals surface area contributed by atoms with E-state index < -0.39 is 12.2 Å². The number of nitrogens with zero attached hydrogens (tertiary/aromatic N) is 1. The van der Waals surface area contributed by atoms with E-state index in [9.17, 15) is 9.59 Å². The lowest BCUT2D eigenvalue weighted by Gasteiger charge is -2.17. The molecule has 6 heteroatoms. The quantitative estimate of drug-likeness (QED) is 0.769. The van der Waals surface area contributed by atoms with Crippen LogP contribution in [-0.4, -0.2) is 25.8 Å². The minimum atomic E-state index is -0.541. The number of nitrogens with one attached hydrogen (secondary N) is 1. The van der Waals surface area contributed by atoms with Gasteiger partial charge in [-0.25, -0.2) is 9.59 Å². The molecule has 0 aliphatic heterocycles. The zero-order chi connectivity index (χ0) is 19.8. The maximum absolute atomic E-state index is 12.4. The summed E-state index contributed by atoms with van der Waals surface area (Å²) < 4.78 is 10.5. The summed E-state index contributed by atoms with van der Waals surface area (Å²) in [7, 11) is 1.65. The number of amides is 2. The molecular weight excluding hydrogens is 344 g/mol. The molecule has 0 aliphatic rings. The predicted octanol–water partition coefficient (Wildman–Crippen LogP) is 5.09. The molecule has 0 radical (unpaired) electrons. The van der Waals surface area contributed by atoms with Gasteiger partial charge >= 0.3 is 12.2 Å². The fourth-order valence-electron chi connectivity index (χ4n) is 2.26. The van der Waals surface area contributed by atoms with Crippen LogP contribution in [0.2, 0.25) is 0 Å². The normalized spacial score (nSPS) is 10.4.